The molecular formula is C19H22N6O. The summed E-state index contributed by atoms with van der Waals surface area (Å²) in [4.78, 5) is 18.0. The van der Waals surface area contributed by atoms with E-state index in [0.717, 1.165) is 44.1 Å². The molecule has 3 aromatic heterocycles. The third-order valence-corrected chi connectivity index (χ3v) is 4.68. The molecule has 1 aliphatic heterocycles. The molecule has 0 radical (unpaired) electrons. The number of hydrogen-bond donors (Lipinski definition) is 0. The Hall–Kier alpha value is -2.64. The zero-order chi connectivity index (χ0) is 17.8. The minimum Gasteiger partial charge on any atom is -0.337 e. The number of aryl methyl sites for hydroxylation is 1. The SMILES string of the molecule is Cc1cccnc1CN1CCN(Cc2nc(-c3ccccn3)no2)CC1. The maximum absolute atomic E-state index is 5.39. The van der Waals surface area contributed by atoms with Crippen LogP contribution >= 0.6 is 0 Å². The van der Waals surface area contributed by atoms with Crippen molar-refractivity contribution < 1.29 is 4.52 Å². The Balaban J connectivity index is 1.30. The molecule has 1 aliphatic rings. The van der Waals surface area contributed by atoms with Crippen molar-refractivity contribution in [1.82, 2.24) is 29.9 Å². The van der Waals surface area contributed by atoms with E-state index in [-0.39, 0.29) is 0 Å². The van der Waals surface area contributed by atoms with E-state index in [2.05, 4.69) is 42.9 Å². The molecule has 0 aromatic carbocycles. The van der Waals surface area contributed by atoms with Gasteiger partial charge in [0.25, 0.3) is 0 Å². The third kappa shape index (κ3) is 3.95. The maximum Gasteiger partial charge on any atom is 0.241 e. The summed E-state index contributed by atoms with van der Waals surface area (Å²) in [6.45, 7) is 7.68. The number of pyridine rings is 2. The van der Waals surface area contributed by atoms with Crippen molar-refractivity contribution in [2.45, 2.75) is 20.0 Å². The smallest absolute Gasteiger partial charge is 0.241 e. The number of nitrogens with zero attached hydrogens (tertiary/aromatic N) is 6. The lowest BCUT2D eigenvalue weighted by Gasteiger charge is -2.33. The second-order valence-corrected chi connectivity index (χ2v) is 6.55. The summed E-state index contributed by atoms with van der Waals surface area (Å²) in [7, 11) is 0. The largest absolute Gasteiger partial charge is 0.337 e. The quantitative estimate of drug-likeness (QED) is 0.698. The second kappa shape index (κ2) is 7.72. The van der Waals surface area contributed by atoms with Gasteiger partial charge < -0.3 is 4.52 Å². The van der Waals surface area contributed by atoms with Crippen LogP contribution in [0.5, 0.6) is 0 Å². The molecule has 0 saturated carbocycles. The van der Waals surface area contributed by atoms with Gasteiger partial charge in [0.05, 0.1) is 12.2 Å². The Morgan fingerprint density at radius 2 is 1.69 bits per heavy atom. The summed E-state index contributed by atoms with van der Waals surface area (Å²) in [5.41, 5.74) is 3.15. The highest BCUT2D eigenvalue weighted by Crippen LogP contribution is 2.15. The molecule has 0 bridgehead atoms. The highest BCUT2D eigenvalue weighted by Gasteiger charge is 2.20. The monoisotopic (exact) mass is 350 g/mol. The van der Waals surface area contributed by atoms with Gasteiger partial charge in [-0.3, -0.25) is 19.8 Å². The number of rotatable bonds is 5. The van der Waals surface area contributed by atoms with Crippen molar-refractivity contribution in [2.24, 2.45) is 0 Å². The molecule has 4 heterocycles. The molecular weight excluding hydrogens is 328 g/mol. The summed E-state index contributed by atoms with van der Waals surface area (Å²) in [6.07, 6.45) is 3.60. The Morgan fingerprint density at radius 1 is 0.923 bits per heavy atom. The van der Waals surface area contributed by atoms with Gasteiger partial charge in [-0.2, -0.15) is 4.98 Å². The topological polar surface area (TPSA) is 71.2 Å². The van der Waals surface area contributed by atoms with Crippen LogP contribution in [0.25, 0.3) is 11.5 Å². The molecule has 0 amide bonds. The normalized spacial score (nSPS) is 16.0. The maximum atomic E-state index is 5.39. The van der Waals surface area contributed by atoms with Gasteiger partial charge >= 0.3 is 0 Å². The van der Waals surface area contributed by atoms with Crippen molar-refractivity contribution >= 4 is 0 Å². The predicted molar refractivity (Wildman–Crippen MR) is 97.1 cm³/mol. The van der Waals surface area contributed by atoms with Gasteiger partial charge in [-0.25, -0.2) is 0 Å². The van der Waals surface area contributed by atoms with Crippen molar-refractivity contribution in [1.29, 1.82) is 0 Å². The van der Waals surface area contributed by atoms with Crippen LogP contribution in [-0.4, -0.2) is 56.1 Å². The van der Waals surface area contributed by atoms with E-state index in [1.165, 1.54) is 5.56 Å². The van der Waals surface area contributed by atoms with E-state index in [9.17, 15) is 0 Å². The average Bonchev–Trinajstić information content (AvgIpc) is 3.14. The molecule has 7 heteroatoms. The standard InChI is InChI=1S/C19H22N6O/c1-15-5-4-8-21-17(15)13-24-9-11-25(12-10-24)14-18-22-19(23-26-18)16-6-2-3-7-20-16/h2-8H,9-14H2,1H3. The van der Waals surface area contributed by atoms with Crippen LogP contribution in [0, 0.1) is 6.92 Å². The lowest BCUT2D eigenvalue weighted by molar-refractivity contribution is 0.111. The van der Waals surface area contributed by atoms with E-state index in [1.54, 1.807) is 6.20 Å². The van der Waals surface area contributed by atoms with E-state index in [0.29, 0.717) is 18.3 Å². The highest BCUT2D eigenvalue weighted by atomic mass is 16.5. The van der Waals surface area contributed by atoms with Gasteiger partial charge in [0.15, 0.2) is 0 Å². The van der Waals surface area contributed by atoms with Crippen molar-refractivity contribution in [3.63, 3.8) is 0 Å². The Labute approximate surface area is 152 Å². The summed E-state index contributed by atoms with van der Waals surface area (Å²) in [5, 5.41) is 4.04. The van der Waals surface area contributed by atoms with Gasteiger partial charge in [-0.15, -0.1) is 0 Å². The van der Waals surface area contributed by atoms with Crippen molar-refractivity contribution in [3.8, 4) is 11.5 Å². The lowest BCUT2D eigenvalue weighted by atomic mass is 10.2. The van der Waals surface area contributed by atoms with Gasteiger partial charge in [0.1, 0.15) is 5.69 Å². The van der Waals surface area contributed by atoms with Crippen molar-refractivity contribution in [2.75, 3.05) is 26.2 Å². The van der Waals surface area contributed by atoms with Crippen LogP contribution in [0.15, 0.2) is 47.2 Å². The predicted octanol–water partition coefficient (Wildman–Crippen LogP) is 2.15. The van der Waals surface area contributed by atoms with Gasteiger partial charge in [-0.05, 0) is 30.7 Å². The van der Waals surface area contributed by atoms with Crippen LogP contribution in [0.1, 0.15) is 17.1 Å². The van der Waals surface area contributed by atoms with E-state index < -0.39 is 0 Å². The van der Waals surface area contributed by atoms with Crippen LogP contribution in [0.2, 0.25) is 0 Å². The summed E-state index contributed by atoms with van der Waals surface area (Å²) in [6, 6.07) is 9.78. The minimum absolute atomic E-state index is 0.546. The first kappa shape index (κ1) is 16.8. The molecule has 4 rings (SSSR count). The number of aromatic nitrogens is 4. The number of hydrogen-bond acceptors (Lipinski definition) is 7. The Morgan fingerprint density at radius 3 is 2.42 bits per heavy atom. The van der Waals surface area contributed by atoms with Gasteiger partial charge in [-0.1, -0.05) is 17.3 Å². The molecule has 0 spiro atoms. The van der Waals surface area contributed by atoms with Crippen LogP contribution in [-0.2, 0) is 13.1 Å². The summed E-state index contributed by atoms with van der Waals surface area (Å²) < 4.78 is 5.39. The summed E-state index contributed by atoms with van der Waals surface area (Å²) >= 11 is 0. The molecule has 1 saturated heterocycles. The second-order valence-electron chi connectivity index (χ2n) is 6.55. The molecule has 1 fully saturated rings. The fraction of sp³-hybridized carbons (Fsp3) is 0.368. The van der Waals surface area contributed by atoms with Crippen LogP contribution in [0.4, 0.5) is 0 Å². The zero-order valence-electron chi connectivity index (χ0n) is 14.9. The molecule has 0 unspecified atom stereocenters. The fourth-order valence-corrected chi connectivity index (χ4v) is 3.11. The first-order chi connectivity index (χ1) is 12.8. The summed E-state index contributed by atoms with van der Waals surface area (Å²) in [5.74, 6) is 1.18. The molecule has 0 N–H and O–H groups in total. The molecule has 7 nitrogen and oxygen atoms in total. The van der Waals surface area contributed by atoms with E-state index in [1.807, 2.05) is 30.5 Å². The molecule has 134 valence electrons. The van der Waals surface area contributed by atoms with E-state index in [4.69, 9.17) is 4.52 Å². The Bertz CT molecular complexity index is 842. The molecule has 26 heavy (non-hydrogen) atoms. The van der Waals surface area contributed by atoms with E-state index >= 15 is 0 Å². The fourth-order valence-electron chi connectivity index (χ4n) is 3.11. The first-order valence-corrected chi connectivity index (χ1v) is 8.87. The molecule has 0 atom stereocenters. The number of piperazine rings is 1. The van der Waals surface area contributed by atoms with Crippen molar-refractivity contribution in [3.05, 3.63) is 59.9 Å². The molecule has 0 aliphatic carbocycles. The average molecular weight is 350 g/mol. The third-order valence-electron chi connectivity index (χ3n) is 4.68. The van der Waals surface area contributed by atoms with Gasteiger partial charge in [0, 0.05) is 45.1 Å². The first-order valence-electron chi connectivity index (χ1n) is 8.87. The van der Waals surface area contributed by atoms with Crippen LogP contribution < -0.4 is 0 Å². The lowest BCUT2D eigenvalue weighted by Crippen LogP contribution is -2.45. The molecule has 3 aromatic rings. The highest BCUT2D eigenvalue weighted by molar-refractivity contribution is 5.46. The Kier molecular flexibility index (Phi) is 4.99. The van der Waals surface area contributed by atoms with Crippen LogP contribution in [0.3, 0.4) is 0 Å². The van der Waals surface area contributed by atoms with Gasteiger partial charge in [0.2, 0.25) is 11.7 Å². The zero-order valence-corrected chi connectivity index (χ0v) is 14.9. The minimum atomic E-state index is 0.546.